The summed E-state index contributed by atoms with van der Waals surface area (Å²) in [5.74, 6) is 0. The Labute approximate surface area is 107 Å². The minimum absolute atomic E-state index is 0.318. The molecule has 1 heterocycles. The van der Waals surface area contributed by atoms with Crippen LogP contribution in [-0.2, 0) is 4.74 Å². The first kappa shape index (κ1) is 14.9. The largest absolute Gasteiger partial charge is 0.377 e. The normalized spacial score (nSPS) is 27.0. The van der Waals surface area contributed by atoms with Crippen molar-refractivity contribution < 1.29 is 4.74 Å². The van der Waals surface area contributed by atoms with Gasteiger partial charge < -0.3 is 10.1 Å². The molecule has 1 aliphatic rings. The maximum absolute atomic E-state index is 5.67. The van der Waals surface area contributed by atoms with E-state index in [9.17, 15) is 0 Å². The van der Waals surface area contributed by atoms with Crippen molar-refractivity contribution in [1.82, 2.24) is 10.2 Å². The molecular formula is C14H30N2O. The van der Waals surface area contributed by atoms with Gasteiger partial charge in [-0.3, -0.25) is 4.90 Å². The molecule has 0 aromatic carbocycles. The Hall–Kier alpha value is -0.120. The molecule has 0 bridgehead atoms. The number of hydrogen-bond acceptors (Lipinski definition) is 3. The lowest BCUT2D eigenvalue weighted by Gasteiger charge is -2.47. The van der Waals surface area contributed by atoms with E-state index in [4.69, 9.17) is 4.74 Å². The van der Waals surface area contributed by atoms with E-state index < -0.39 is 0 Å². The van der Waals surface area contributed by atoms with Gasteiger partial charge in [0.05, 0.1) is 6.10 Å². The number of ether oxygens (including phenoxy) is 1. The smallest absolute Gasteiger partial charge is 0.0673 e. The second kappa shape index (κ2) is 6.72. The molecule has 0 aromatic rings. The van der Waals surface area contributed by atoms with E-state index in [-0.39, 0.29) is 0 Å². The molecule has 0 radical (unpaired) electrons. The van der Waals surface area contributed by atoms with Gasteiger partial charge in [0.25, 0.3) is 0 Å². The zero-order valence-electron chi connectivity index (χ0n) is 12.3. The first-order chi connectivity index (χ1) is 8.06. The van der Waals surface area contributed by atoms with Gasteiger partial charge in [-0.05, 0) is 33.6 Å². The van der Waals surface area contributed by atoms with Crippen LogP contribution in [0.4, 0.5) is 0 Å². The summed E-state index contributed by atoms with van der Waals surface area (Å²) >= 11 is 0. The molecule has 2 atom stereocenters. The third kappa shape index (κ3) is 3.94. The van der Waals surface area contributed by atoms with E-state index in [0.717, 1.165) is 26.2 Å². The molecule has 0 aromatic heterocycles. The molecule has 102 valence electrons. The molecule has 0 aliphatic carbocycles. The lowest BCUT2D eigenvalue weighted by Crippen LogP contribution is -2.63. The molecular weight excluding hydrogens is 212 g/mol. The van der Waals surface area contributed by atoms with Gasteiger partial charge in [-0.2, -0.15) is 0 Å². The lowest BCUT2D eigenvalue weighted by molar-refractivity contribution is 0.00700. The minimum atomic E-state index is 0.318. The summed E-state index contributed by atoms with van der Waals surface area (Å²) in [4.78, 5) is 2.59. The van der Waals surface area contributed by atoms with Gasteiger partial charge in [-0.25, -0.2) is 0 Å². The van der Waals surface area contributed by atoms with Gasteiger partial charge in [-0.1, -0.05) is 13.8 Å². The number of nitrogens with zero attached hydrogens (tertiary/aromatic N) is 1. The third-order valence-corrected chi connectivity index (χ3v) is 4.20. The summed E-state index contributed by atoms with van der Waals surface area (Å²) in [6.07, 6.45) is 2.75. The van der Waals surface area contributed by atoms with Crippen LogP contribution in [0, 0.1) is 0 Å². The Morgan fingerprint density at radius 1 is 1.35 bits per heavy atom. The minimum Gasteiger partial charge on any atom is -0.377 e. The molecule has 1 fully saturated rings. The van der Waals surface area contributed by atoms with Gasteiger partial charge in [0.2, 0.25) is 0 Å². The van der Waals surface area contributed by atoms with Crippen molar-refractivity contribution >= 4 is 0 Å². The average molecular weight is 242 g/mol. The second-order valence-corrected chi connectivity index (χ2v) is 5.41. The van der Waals surface area contributed by atoms with Gasteiger partial charge >= 0.3 is 0 Å². The summed E-state index contributed by atoms with van der Waals surface area (Å²) in [5.41, 5.74) is 0.318. The number of piperazine rings is 1. The monoisotopic (exact) mass is 242 g/mol. The summed E-state index contributed by atoms with van der Waals surface area (Å²) in [6, 6.07) is 0.615. The van der Waals surface area contributed by atoms with Crippen molar-refractivity contribution in [3.05, 3.63) is 0 Å². The fraction of sp³-hybridized carbons (Fsp3) is 1.00. The molecule has 0 amide bonds. The Balaban J connectivity index is 2.56. The first-order valence-electron chi connectivity index (χ1n) is 7.17. The van der Waals surface area contributed by atoms with E-state index in [1.54, 1.807) is 0 Å². The van der Waals surface area contributed by atoms with E-state index in [0.29, 0.717) is 17.7 Å². The van der Waals surface area contributed by atoms with E-state index in [1.165, 1.54) is 12.8 Å². The highest BCUT2D eigenvalue weighted by Crippen LogP contribution is 2.22. The third-order valence-electron chi connectivity index (χ3n) is 4.20. The van der Waals surface area contributed by atoms with Gasteiger partial charge in [0.15, 0.2) is 0 Å². The van der Waals surface area contributed by atoms with Crippen LogP contribution in [0.1, 0.15) is 47.5 Å². The zero-order valence-corrected chi connectivity index (χ0v) is 12.3. The van der Waals surface area contributed by atoms with Gasteiger partial charge in [-0.15, -0.1) is 0 Å². The second-order valence-electron chi connectivity index (χ2n) is 5.41. The zero-order chi connectivity index (χ0) is 12.9. The van der Waals surface area contributed by atoms with Crippen LogP contribution in [0.25, 0.3) is 0 Å². The maximum Gasteiger partial charge on any atom is 0.0673 e. The number of hydrogen-bond donors (Lipinski definition) is 1. The summed E-state index contributed by atoms with van der Waals surface area (Å²) < 4.78 is 5.67. The van der Waals surface area contributed by atoms with Crippen LogP contribution in [0.15, 0.2) is 0 Å². The molecule has 1 rings (SSSR count). The Kier molecular flexibility index (Phi) is 5.90. The Bertz CT molecular complexity index is 216. The van der Waals surface area contributed by atoms with Crippen molar-refractivity contribution in [3.8, 4) is 0 Å². The molecule has 3 heteroatoms. The number of nitrogens with one attached hydrogen (secondary N) is 1. The van der Waals surface area contributed by atoms with Crippen molar-refractivity contribution in [2.75, 3.05) is 26.2 Å². The van der Waals surface area contributed by atoms with Crippen LogP contribution in [0.5, 0.6) is 0 Å². The summed E-state index contributed by atoms with van der Waals surface area (Å²) in [5, 5.41) is 3.73. The first-order valence-corrected chi connectivity index (χ1v) is 7.17. The highest BCUT2D eigenvalue weighted by Gasteiger charge is 2.35. The maximum atomic E-state index is 5.67. The fourth-order valence-corrected chi connectivity index (χ4v) is 2.73. The molecule has 1 aliphatic heterocycles. The fourth-order valence-electron chi connectivity index (χ4n) is 2.73. The van der Waals surface area contributed by atoms with E-state index in [2.05, 4.69) is 44.8 Å². The molecule has 17 heavy (non-hydrogen) atoms. The van der Waals surface area contributed by atoms with Crippen LogP contribution >= 0.6 is 0 Å². The van der Waals surface area contributed by atoms with Gasteiger partial charge in [0, 0.05) is 37.8 Å². The predicted octanol–water partition coefficient (Wildman–Crippen LogP) is 2.26. The van der Waals surface area contributed by atoms with Crippen LogP contribution in [0.2, 0.25) is 0 Å². The molecule has 2 unspecified atom stereocenters. The molecule has 3 nitrogen and oxygen atoms in total. The summed E-state index contributed by atoms with van der Waals surface area (Å²) in [7, 11) is 0. The van der Waals surface area contributed by atoms with Crippen LogP contribution < -0.4 is 5.32 Å². The van der Waals surface area contributed by atoms with Crippen molar-refractivity contribution in [1.29, 1.82) is 0 Å². The average Bonchev–Trinajstić information content (AvgIpc) is 2.33. The van der Waals surface area contributed by atoms with Crippen molar-refractivity contribution in [2.24, 2.45) is 0 Å². The lowest BCUT2D eigenvalue weighted by atomic mass is 9.88. The van der Waals surface area contributed by atoms with Crippen molar-refractivity contribution in [3.63, 3.8) is 0 Å². The van der Waals surface area contributed by atoms with Gasteiger partial charge in [0.1, 0.15) is 0 Å². The standard InChI is InChI=1S/C14H30N2O/c1-6-14(7-2)11-16(12(4)9-15-14)10-13(5)17-8-3/h12-13,15H,6-11H2,1-5H3. The molecule has 0 saturated carbocycles. The molecule has 1 saturated heterocycles. The van der Waals surface area contributed by atoms with Crippen LogP contribution in [0.3, 0.4) is 0 Å². The highest BCUT2D eigenvalue weighted by molar-refractivity contribution is 4.95. The topological polar surface area (TPSA) is 24.5 Å². The van der Waals surface area contributed by atoms with E-state index in [1.807, 2.05) is 0 Å². The van der Waals surface area contributed by atoms with Crippen molar-refractivity contribution in [2.45, 2.75) is 65.1 Å². The molecule has 0 spiro atoms. The van der Waals surface area contributed by atoms with Crippen LogP contribution in [-0.4, -0.2) is 48.8 Å². The summed E-state index contributed by atoms with van der Waals surface area (Å²) in [6.45, 7) is 15.2. The Morgan fingerprint density at radius 2 is 2.00 bits per heavy atom. The Morgan fingerprint density at radius 3 is 2.53 bits per heavy atom. The highest BCUT2D eigenvalue weighted by atomic mass is 16.5. The predicted molar refractivity (Wildman–Crippen MR) is 73.4 cm³/mol. The quantitative estimate of drug-likeness (QED) is 0.773. The SMILES string of the molecule is CCOC(C)CN1CC(CC)(CC)NCC1C. The van der Waals surface area contributed by atoms with E-state index >= 15 is 0 Å². The number of rotatable bonds is 6. The molecule has 1 N–H and O–H groups in total.